The molecule has 0 heterocycles. The molecule has 156 valence electrons. The molecule has 0 aromatic heterocycles. The SMILES string of the molecule is CCCNCc1cc(/C=C/c2ccc(N(C)C)cc2)ccc1NC(=O)C(C)(C)C. The van der Waals surface area contributed by atoms with Gasteiger partial charge in [0.15, 0.2) is 0 Å². The summed E-state index contributed by atoms with van der Waals surface area (Å²) in [5.74, 6) is 0.0264. The van der Waals surface area contributed by atoms with Crippen molar-refractivity contribution in [3.63, 3.8) is 0 Å². The Bertz CT molecular complexity index is 830. The Morgan fingerprint density at radius 1 is 1.00 bits per heavy atom. The van der Waals surface area contributed by atoms with Gasteiger partial charge < -0.3 is 15.5 Å². The highest BCUT2D eigenvalue weighted by atomic mass is 16.2. The van der Waals surface area contributed by atoms with E-state index in [0.717, 1.165) is 41.9 Å². The maximum atomic E-state index is 12.4. The molecule has 0 saturated carbocycles. The largest absolute Gasteiger partial charge is 0.378 e. The first-order chi connectivity index (χ1) is 13.7. The molecule has 4 nitrogen and oxygen atoms in total. The summed E-state index contributed by atoms with van der Waals surface area (Å²) in [6, 6.07) is 14.7. The highest BCUT2D eigenvalue weighted by Crippen LogP contribution is 2.23. The van der Waals surface area contributed by atoms with Gasteiger partial charge in [-0.05, 0) is 53.9 Å². The summed E-state index contributed by atoms with van der Waals surface area (Å²) >= 11 is 0. The van der Waals surface area contributed by atoms with E-state index in [0.29, 0.717) is 0 Å². The number of benzene rings is 2. The number of nitrogens with zero attached hydrogens (tertiary/aromatic N) is 1. The van der Waals surface area contributed by atoms with Crippen molar-refractivity contribution in [2.24, 2.45) is 5.41 Å². The smallest absolute Gasteiger partial charge is 0.229 e. The summed E-state index contributed by atoms with van der Waals surface area (Å²) in [6.45, 7) is 9.61. The molecule has 0 saturated heterocycles. The topological polar surface area (TPSA) is 44.4 Å². The minimum atomic E-state index is -0.425. The van der Waals surface area contributed by atoms with Gasteiger partial charge in [-0.1, -0.05) is 58.0 Å². The van der Waals surface area contributed by atoms with Crippen LogP contribution in [-0.4, -0.2) is 26.5 Å². The van der Waals surface area contributed by atoms with Crippen molar-refractivity contribution in [1.29, 1.82) is 0 Å². The second kappa shape index (κ2) is 10.3. The van der Waals surface area contributed by atoms with Crippen LogP contribution in [0.25, 0.3) is 12.2 Å². The van der Waals surface area contributed by atoms with E-state index in [4.69, 9.17) is 0 Å². The molecule has 2 rings (SSSR count). The standard InChI is InChI=1S/C25H35N3O/c1-7-16-26-18-21-17-20(12-15-23(21)27-24(29)25(2,3)4)9-8-19-10-13-22(14-11-19)28(5)6/h8-15,17,26H,7,16,18H2,1-6H3,(H,27,29)/b9-8+. The molecule has 4 heteroatoms. The van der Waals surface area contributed by atoms with Crippen LogP contribution in [0.2, 0.25) is 0 Å². The average Bonchev–Trinajstić information content (AvgIpc) is 2.67. The molecule has 1 amide bonds. The van der Waals surface area contributed by atoms with E-state index in [1.165, 1.54) is 5.69 Å². The molecule has 0 aliphatic rings. The zero-order chi connectivity index (χ0) is 21.4. The first-order valence-electron chi connectivity index (χ1n) is 10.3. The summed E-state index contributed by atoms with van der Waals surface area (Å²) < 4.78 is 0. The van der Waals surface area contributed by atoms with Crippen LogP contribution in [0, 0.1) is 5.41 Å². The lowest BCUT2D eigenvalue weighted by molar-refractivity contribution is -0.123. The predicted octanol–water partition coefficient (Wildman–Crippen LogP) is 5.41. The van der Waals surface area contributed by atoms with Gasteiger partial charge in [0, 0.05) is 37.4 Å². The molecule has 0 unspecified atom stereocenters. The molecular weight excluding hydrogens is 358 g/mol. The molecule has 29 heavy (non-hydrogen) atoms. The number of carbonyl (C=O) groups is 1. The van der Waals surface area contributed by atoms with E-state index in [9.17, 15) is 4.79 Å². The molecule has 0 atom stereocenters. The number of amides is 1. The van der Waals surface area contributed by atoms with Gasteiger partial charge in [-0.2, -0.15) is 0 Å². The Morgan fingerprint density at radius 3 is 2.21 bits per heavy atom. The fourth-order valence-electron chi connectivity index (χ4n) is 2.77. The van der Waals surface area contributed by atoms with Crippen molar-refractivity contribution in [3.8, 4) is 0 Å². The molecular formula is C25H35N3O. The zero-order valence-electron chi connectivity index (χ0n) is 18.7. The quantitative estimate of drug-likeness (QED) is 0.466. The average molecular weight is 394 g/mol. The van der Waals surface area contributed by atoms with Crippen molar-refractivity contribution in [2.45, 2.75) is 40.7 Å². The van der Waals surface area contributed by atoms with E-state index in [1.54, 1.807) is 0 Å². The van der Waals surface area contributed by atoms with Crippen LogP contribution in [0.5, 0.6) is 0 Å². The molecule has 0 radical (unpaired) electrons. The second-order valence-corrected chi connectivity index (χ2v) is 8.62. The van der Waals surface area contributed by atoms with Gasteiger partial charge in [0.25, 0.3) is 0 Å². The molecule has 2 N–H and O–H groups in total. The first kappa shape index (κ1) is 22.7. The minimum absolute atomic E-state index is 0.0264. The van der Waals surface area contributed by atoms with Gasteiger partial charge in [0.05, 0.1) is 0 Å². The lowest BCUT2D eigenvalue weighted by Crippen LogP contribution is -2.28. The summed E-state index contributed by atoms with van der Waals surface area (Å²) in [7, 11) is 4.08. The van der Waals surface area contributed by atoms with Gasteiger partial charge in [-0.25, -0.2) is 0 Å². The van der Waals surface area contributed by atoms with Gasteiger partial charge in [-0.3, -0.25) is 4.79 Å². The fraction of sp³-hybridized carbons (Fsp3) is 0.400. The normalized spacial score (nSPS) is 11.7. The third-order valence-corrected chi connectivity index (χ3v) is 4.68. The van der Waals surface area contributed by atoms with Gasteiger partial charge in [-0.15, -0.1) is 0 Å². The number of carbonyl (C=O) groups excluding carboxylic acids is 1. The molecule has 0 fully saturated rings. The van der Waals surface area contributed by atoms with E-state index < -0.39 is 5.41 Å². The Hall–Kier alpha value is -2.59. The molecule has 2 aromatic rings. The lowest BCUT2D eigenvalue weighted by Gasteiger charge is -2.20. The van der Waals surface area contributed by atoms with Crippen LogP contribution in [0.1, 0.15) is 50.8 Å². The summed E-state index contributed by atoms with van der Waals surface area (Å²) in [6.07, 6.45) is 5.31. The Balaban J connectivity index is 2.21. The number of nitrogens with one attached hydrogen (secondary N) is 2. The highest BCUT2D eigenvalue weighted by Gasteiger charge is 2.22. The molecule has 0 bridgehead atoms. The highest BCUT2D eigenvalue weighted by molar-refractivity contribution is 5.95. The molecule has 0 aliphatic heterocycles. The maximum Gasteiger partial charge on any atom is 0.229 e. The van der Waals surface area contributed by atoms with Crippen LogP contribution < -0.4 is 15.5 Å². The lowest BCUT2D eigenvalue weighted by atomic mass is 9.95. The Kier molecular flexibility index (Phi) is 8.03. The van der Waals surface area contributed by atoms with E-state index in [2.05, 4.69) is 64.9 Å². The molecule has 2 aromatic carbocycles. The van der Waals surface area contributed by atoms with Crippen LogP contribution in [0.4, 0.5) is 11.4 Å². The summed E-state index contributed by atoms with van der Waals surface area (Å²) in [4.78, 5) is 14.5. The van der Waals surface area contributed by atoms with E-state index >= 15 is 0 Å². The van der Waals surface area contributed by atoms with Gasteiger partial charge in [0.2, 0.25) is 5.91 Å². The van der Waals surface area contributed by atoms with Crippen molar-refractivity contribution >= 4 is 29.4 Å². The summed E-state index contributed by atoms with van der Waals surface area (Å²) in [5, 5.41) is 6.53. The van der Waals surface area contributed by atoms with Gasteiger partial charge >= 0.3 is 0 Å². The number of anilines is 2. The number of rotatable bonds is 8. The molecule has 0 aliphatic carbocycles. The van der Waals surface area contributed by atoms with Crippen LogP contribution in [0.3, 0.4) is 0 Å². The fourth-order valence-corrected chi connectivity index (χ4v) is 2.77. The third-order valence-electron chi connectivity index (χ3n) is 4.68. The van der Waals surface area contributed by atoms with Gasteiger partial charge in [0.1, 0.15) is 0 Å². The Labute approximate surface area is 176 Å². The number of hydrogen-bond acceptors (Lipinski definition) is 3. The molecule has 0 spiro atoms. The van der Waals surface area contributed by atoms with Crippen molar-refractivity contribution in [1.82, 2.24) is 5.32 Å². The van der Waals surface area contributed by atoms with Crippen molar-refractivity contribution < 1.29 is 4.79 Å². The monoisotopic (exact) mass is 393 g/mol. The predicted molar refractivity (Wildman–Crippen MR) is 126 cm³/mol. The van der Waals surface area contributed by atoms with E-state index in [-0.39, 0.29) is 5.91 Å². The van der Waals surface area contributed by atoms with Crippen molar-refractivity contribution in [2.75, 3.05) is 30.9 Å². The van der Waals surface area contributed by atoms with Crippen LogP contribution in [-0.2, 0) is 11.3 Å². The third kappa shape index (κ3) is 7.06. The number of hydrogen-bond donors (Lipinski definition) is 2. The minimum Gasteiger partial charge on any atom is -0.378 e. The first-order valence-corrected chi connectivity index (χ1v) is 10.3. The summed E-state index contributed by atoms with van der Waals surface area (Å²) in [5.41, 5.74) is 5.01. The zero-order valence-corrected chi connectivity index (χ0v) is 18.7. The van der Waals surface area contributed by atoms with Crippen molar-refractivity contribution in [3.05, 3.63) is 59.2 Å². The Morgan fingerprint density at radius 2 is 1.62 bits per heavy atom. The van der Waals surface area contributed by atoms with Crippen LogP contribution >= 0.6 is 0 Å². The second-order valence-electron chi connectivity index (χ2n) is 8.62. The van der Waals surface area contributed by atoms with E-state index in [1.807, 2.05) is 47.0 Å². The maximum absolute atomic E-state index is 12.4. The van der Waals surface area contributed by atoms with Crippen LogP contribution in [0.15, 0.2) is 42.5 Å².